The monoisotopic (exact) mass is 213 g/mol. The van der Waals surface area contributed by atoms with E-state index in [-0.39, 0.29) is 11.3 Å². The van der Waals surface area contributed by atoms with Crippen LogP contribution >= 0.6 is 0 Å². The van der Waals surface area contributed by atoms with Crippen LogP contribution in [0.3, 0.4) is 0 Å². The van der Waals surface area contributed by atoms with Crippen LogP contribution in [0.15, 0.2) is 29.1 Å². The van der Waals surface area contributed by atoms with Gasteiger partial charge in [0.2, 0.25) is 0 Å². The lowest BCUT2D eigenvalue weighted by atomic mass is 10.1. The lowest BCUT2D eigenvalue weighted by molar-refractivity contribution is 0.482. The van der Waals surface area contributed by atoms with Gasteiger partial charge in [-0.25, -0.2) is 0 Å². The maximum absolute atomic E-state index is 11.9. The SMILES string of the molecule is Cc1cc(=O)n2c(C)cc3c(O)ccc1c32. The minimum absolute atomic E-state index is 0.0388. The zero-order valence-corrected chi connectivity index (χ0v) is 9.11. The summed E-state index contributed by atoms with van der Waals surface area (Å²) >= 11 is 0. The van der Waals surface area contributed by atoms with Gasteiger partial charge in [-0.3, -0.25) is 9.20 Å². The summed E-state index contributed by atoms with van der Waals surface area (Å²) in [4.78, 5) is 11.9. The fraction of sp³-hybridized carbons (Fsp3) is 0.154. The Bertz CT molecular complexity index is 756. The predicted molar refractivity (Wildman–Crippen MR) is 63.5 cm³/mol. The Hall–Kier alpha value is -2.03. The average Bonchev–Trinajstić information content (AvgIpc) is 2.56. The first-order valence-electron chi connectivity index (χ1n) is 5.16. The van der Waals surface area contributed by atoms with Gasteiger partial charge in [0.15, 0.2) is 0 Å². The van der Waals surface area contributed by atoms with Crippen LogP contribution in [-0.4, -0.2) is 9.51 Å². The van der Waals surface area contributed by atoms with E-state index in [1.165, 1.54) is 0 Å². The van der Waals surface area contributed by atoms with Gasteiger partial charge >= 0.3 is 0 Å². The van der Waals surface area contributed by atoms with Crippen LogP contribution in [0.2, 0.25) is 0 Å². The third kappa shape index (κ3) is 0.949. The van der Waals surface area contributed by atoms with Gasteiger partial charge in [-0.15, -0.1) is 0 Å². The Morgan fingerprint density at radius 1 is 1.12 bits per heavy atom. The van der Waals surface area contributed by atoms with Gasteiger partial charge in [0.25, 0.3) is 5.56 Å². The second kappa shape index (κ2) is 2.76. The maximum Gasteiger partial charge on any atom is 0.255 e. The number of aromatic hydroxyl groups is 1. The van der Waals surface area contributed by atoms with Crippen molar-refractivity contribution >= 4 is 16.3 Å². The van der Waals surface area contributed by atoms with Crippen molar-refractivity contribution in [2.24, 2.45) is 0 Å². The summed E-state index contributed by atoms with van der Waals surface area (Å²) in [7, 11) is 0. The highest BCUT2D eigenvalue weighted by molar-refractivity contribution is 6.01. The van der Waals surface area contributed by atoms with Crippen molar-refractivity contribution < 1.29 is 5.11 Å². The van der Waals surface area contributed by atoms with Crippen molar-refractivity contribution in [2.45, 2.75) is 13.8 Å². The lowest BCUT2D eigenvalue weighted by Gasteiger charge is -2.05. The second-order valence-corrected chi connectivity index (χ2v) is 4.18. The molecule has 0 aliphatic heterocycles. The molecule has 0 spiro atoms. The third-order valence-electron chi connectivity index (χ3n) is 3.11. The Labute approximate surface area is 91.9 Å². The van der Waals surface area contributed by atoms with Gasteiger partial charge in [0.1, 0.15) is 5.75 Å². The summed E-state index contributed by atoms with van der Waals surface area (Å²) in [6.45, 7) is 3.78. The van der Waals surface area contributed by atoms with Gasteiger partial charge in [-0.05, 0) is 37.6 Å². The molecule has 0 radical (unpaired) electrons. The van der Waals surface area contributed by atoms with Crippen molar-refractivity contribution in [2.75, 3.05) is 0 Å². The van der Waals surface area contributed by atoms with Gasteiger partial charge in [-0.2, -0.15) is 0 Å². The van der Waals surface area contributed by atoms with E-state index in [1.807, 2.05) is 26.0 Å². The van der Waals surface area contributed by atoms with Crippen LogP contribution in [0.4, 0.5) is 0 Å². The summed E-state index contributed by atoms with van der Waals surface area (Å²) in [5, 5.41) is 11.5. The lowest BCUT2D eigenvalue weighted by Crippen LogP contribution is -2.12. The minimum Gasteiger partial charge on any atom is -0.507 e. The topological polar surface area (TPSA) is 41.7 Å². The van der Waals surface area contributed by atoms with E-state index in [0.717, 1.165) is 27.5 Å². The minimum atomic E-state index is -0.0388. The van der Waals surface area contributed by atoms with E-state index < -0.39 is 0 Å². The van der Waals surface area contributed by atoms with Gasteiger partial charge in [0, 0.05) is 22.5 Å². The highest BCUT2D eigenvalue weighted by Gasteiger charge is 2.13. The molecule has 80 valence electrons. The van der Waals surface area contributed by atoms with E-state index in [2.05, 4.69) is 0 Å². The van der Waals surface area contributed by atoms with E-state index in [1.54, 1.807) is 16.5 Å². The molecule has 0 bridgehead atoms. The van der Waals surface area contributed by atoms with Crippen LogP contribution in [0.1, 0.15) is 11.3 Å². The first-order valence-corrected chi connectivity index (χ1v) is 5.16. The fourth-order valence-electron chi connectivity index (χ4n) is 2.36. The standard InChI is InChI=1S/C13H11NO2/c1-7-5-12(16)14-8(2)6-10-11(15)4-3-9(7)13(10)14/h3-6,15H,1-2H3. The van der Waals surface area contributed by atoms with Gasteiger partial charge in [0.05, 0.1) is 5.52 Å². The van der Waals surface area contributed by atoms with Gasteiger partial charge in [-0.1, -0.05) is 0 Å². The molecular formula is C13H11NO2. The highest BCUT2D eigenvalue weighted by atomic mass is 16.3. The molecule has 0 aliphatic carbocycles. The normalized spacial score (nSPS) is 11.6. The Morgan fingerprint density at radius 2 is 1.88 bits per heavy atom. The van der Waals surface area contributed by atoms with Crippen LogP contribution in [-0.2, 0) is 0 Å². The van der Waals surface area contributed by atoms with Crippen LogP contribution < -0.4 is 5.56 Å². The second-order valence-electron chi connectivity index (χ2n) is 4.18. The average molecular weight is 213 g/mol. The molecule has 3 rings (SSSR count). The first kappa shape index (κ1) is 9.21. The quantitative estimate of drug-likeness (QED) is 0.622. The highest BCUT2D eigenvalue weighted by Crippen LogP contribution is 2.31. The molecule has 1 N–H and O–H groups in total. The van der Waals surface area contributed by atoms with Crippen molar-refractivity contribution in [3.05, 3.63) is 45.9 Å². The van der Waals surface area contributed by atoms with E-state index in [9.17, 15) is 9.90 Å². The summed E-state index contributed by atoms with van der Waals surface area (Å²) in [6, 6.07) is 7.00. The smallest absolute Gasteiger partial charge is 0.255 e. The summed E-state index contributed by atoms with van der Waals surface area (Å²) in [5.74, 6) is 0.225. The molecule has 0 aliphatic rings. The third-order valence-corrected chi connectivity index (χ3v) is 3.11. The zero-order valence-electron chi connectivity index (χ0n) is 9.11. The maximum atomic E-state index is 11.9. The number of phenols is 1. The molecule has 0 saturated heterocycles. The summed E-state index contributed by atoms with van der Waals surface area (Å²) in [5.41, 5.74) is 2.58. The fourth-order valence-corrected chi connectivity index (χ4v) is 2.36. The number of pyridine rings is 1. The Kier molecular flexibility index (Phi) is 1.59. The van der Waals surface area contributed by atoms with Crippen LogP contribution in [0, 0.1) is 13.8 Å². The molecule has 3 nitrogen and oxygen atoms in total. The number of aromatic nitrogens is 1. The number of hydrogen-bond acceptors (Lipinski definition) is 2. The molecule has 0 fully saturated rings. The van der Waals surface area contributed by atoms with Crippen LogP contribution in [0.25, 0.3) is 16.3 Å². The molecule has 2 heterocycles. The predicted octanol–water partition coefficient (Wildman–Crippen LogP) is 2.21. The number of nitrogens with zero attached hydrogens (tertiary/aromatic N) is 1. The summed E-state index contributed by atoms with van der Waals surface area (Å²) in [6.07, 6.45) is 0. The van der Waals surface area contributed by atoms with E-state index in [0.29, 0.717) is 0 Å². The van der Waals surface area contributed by atoms with Crippen LogP contribution in [0.5, 0.6) is 5.75 Å². The molecule has 0 unspecified atom stereocenters. The first-order chi connectivity index (χ1) is 7.59. The zero-order chi connectivity index (χ0) is 11.4. The molecular weight excluding hydrogens is 202 g/mol. The number of rotatable bonds is 0. The molecule has 2 aromatic heterocycles. The number of phenolic OH excluding ortho intramolecular Hbond substituents is 1. The molecule has 1 aromatic carbocycles. The molecule has 3 aromatic rings. The number of benzene rings is 1. The number of hydrogen-bond donors (Lipinski definition) is 1. The molecule has 0 amide bonds. The molecule has 3 heteroatoms. The Morgan fingerprint density at radius 3 is 2.62 bits per heavy atom. The van der Waals surface area contributed by atoms with Crippen molar-refractivity contribution in [3.8, 4) is 5.75 Å². The molecule has 0 saturated carbocycles. The number of aryl methyl sites for hydroxylation is 2. The van der Waals surface area contributed by atoms with Crippen molar-refractivity contribution in [1.29, 1.82) is 0 Å². The van der Waals surface area contributed by atoms with Crippen molar-refractivity contribution in [1.82, 2.24) is 4.40 Å². The molecule has 16 heavy (non-hydrogen) atoms. The van der Waals surface area contributed by atoms with E-state index >= 15 is 0 Å². The van der Waals surface area contributed by atoms with Crippen molar-refractivity contribution in [3.63, 3.8) is 0 Å². The molecule has 0 atom stereocenters. The largest absolute Gasteiger partial charge is 0.507 e. The van der Waals surface area contributed by atoms with Gasteiger partial charge < -0.3 is 5.11 Å². The summed E-state index contributed by atoms with van der Waals surface area (Å²) < 4.78 is 1.65. The van der Waals surface area contributed by atoms with E-state index in [4.69, 9.17) is 0 Å². The Balaban J connectivity index is 2.79.